The summed E-state index contributed by atoms with van der Waals surface area (Å²) in [6.45, 7) is 5.79. The van der Waals surface area contributed by atoms with Crippen LogP contribution in [0.15, 0.2) is 47.4 Å². The quantitative estimate of drug-likeness (QED) is 0.829. The van der Waals surface area contributed by atoms with Crippen molar-refractivity contribution in [3.05, 3.63) is 53.6 Å². The molecule has 0 aliphatic carbocycles. The minimum atomic E-state index is -0.560. The number of rotatable bonds is 5. The van der Waals surface area contributed by atoms with Crippen LogP contribution in [0.1, 0.15) is 18.1 Å². The van der Waals surface area contributed by atoms with Gasteiger partial charge in [-0.3, -0.25) is 4.79 Å². The summed E-state index contributed by atoms with van der Waals surface area (Å²) < 4.78 is 5.81. The molecule has 0 bridgehead atoms. The molecule has 3 nitrogen and oxygen atoms in total. The van der Waals surface area contributed by atoms with E-state index < -0.39 is 6.10 Å². The van der Waals surface area contributed by atoms with Gasteiger partial charge in [0.25, 0.3) is 5.91 Å². The van der Waals surface area contributed by atoms with Crippen molar-refractivity contribution in [3.8, 4) is 5.75 Å². The minimum absolute atomic E-state index is 0.151. The Morgan fingerprint density at radius 1 is 1.14 bits per heavy atom. The Bertz CT molecular complexity index is 670. The van der Waals surface area contributed by atoms with Gasteiger partial charge in [0.15, 0.2) is 6.10 Å². The molecule has 0 heterocycles. The highest BCUT2D eigenvalue weighted by Crippen LogP contribution is 2.25. The molecule has 116 valence electrons. The number of benzene rings is 2. The summed E-state index contributed by atoms with van der Waals surface area (Å²) in [6, 6.07) is 13.6. The van der Waals surface area contributed by atoms with Gasteiger partial charge in [0, 0.05) is 4.90 Å². The van der Waals surface area contributed by atoms with Crippen molar-refractivity contribution < 1.29 is 9.53 Å². The van der Waals surface area contributed by atoms with Crippen molar-refractivity contribution in [1.82, 2.24) is 0 Å². The van der Waals surface area contributed by atoms with Gasteiger partial charge >= 0.3 is 0 Å². The van der Waals surface area contributed by atoms with Gasteiger partial charge < -0.3 is 10.1 Å². The molecule has 0 saturated heterocycles. The van der Waals surface area contributed by atoms with Crippen molar-refractivity contribution in [2.24, 2.45) is 0 Å². The fourth-order valence-corrected chi connectivity index (χ4v) is 2.63. The molecule has 0 radical (unpaired) electrons. The predicted octanol–water partition coefficient (Wildman–Crippen LogP) is 4.43. The van der Waals surface area contributed by atoms with Gasteiger partial charge in [-0.1, -0.05) is 24.3 Å². The standard InChI is InChI=1S/C18H21NO2S/c1-12-8-7-10-16(13(12)2)21-14(3)18(20)19-15-9-5-6-11-17(15)22-4/h5-11,14H,1-4H3,(H,19,20)/t14-/m0/s1. The number of carbonyl (C=O) groups is 1. The maximum Gasteiger partial charge on any atom is 0.265 e. The Morgan fingerprint density at radius 3 is 2.59 bits per heavy atom. The molecule has 0 spiro atoms. The van der Waals surface area contributed by atoms with Gasteiger partial charge in [-0.15, -0.1) is 11.8 Å². The summed E-state index contributed by atoms with van der Waals surface area (Å²) in [5.74, 6) is 0.600. The van der Waals surface area contributed by atoms with Crippen molar-refractivity contribution in [2.75, 3.05) is 11.6 Å². The molecule has 1 amide bonds. The molecule has 22 heavy (non-hydrogen) atoms. The second-order valence-electron chi connectivity index (χ2n) is 5.15. The molecule has 0 aliphatic rings. The second kappa shape index (κ2) is 7.36. The number of hydrogen-bond donors (Lipinski definition) is 1. The second-order valence-corrected chi connectivity index (χ2v) is 6.00. The molecule has 2 rings (SSSR count). The third-order valence-electron chi connectivity index (χ3n) is 3.59. The van der Waals surface area contributed by atoms with E-state index in [4.69, 9.17) is 4.74 Å². The van der Waals surface area contributed by atoms with E-state index in [1.54, 1.807) is 18.7 Å². The molecule has 2 aromatic carbocycles. The predicted molar refractivity (Wildman–Crippen MR) is 92.9 cm³/mol. The van der Waals surface area contributed by atoms with Crippen LogP contribution < -0.4 is 10.1 Å². The summed E-state index contributed by atoms with van der Waals surface area (Å²) in [4.78, 5) is 13.4. The Balaban J connectivity index is 2.08. The lowest BCUT2D eigenvalue weighted by atomic mass is 10.1. The summed E-state index contributed by atoms with van der Waals surface area (Å²) >= 11 is 1.60. The van der Waals surface area contributed by atoms with E-state index in [0.29, 0.717) is 0 Å². The fourth-order valence-electron chi connectivity index (χ4n) is 2.08. The first-order valence-corrected chi connectivity index (χ1v) is 8.42. The van der Waals surface area contributed by atoms with Crippen LogP contribution in [0.4, 0.5) is 5.69 Å². The SMILES string of the molecule is CSc1ccccc1NC(=O)[C@H](C)Oc1cccc(C)c1C. The number of ether oxygens (including phenoxy) is 1. The van der Waals surface area contributed by atoms with Crippen LogP contribution in [-0.2, 0) is 4.79 Å². The normalized spacial score (nSPS) is 11.8. The summed E-state index contributed by atoms with van der Waals surface area (Å²) in [5, 5.41) is 2.93. The van der Waals surface area contributed by atoms with Crippen molar-refractivity contribution in [1.29, 1.82) is 0 Å². The largest absolute Gasteiger partial charge is 0.481 e. The molecular weight excluding hydrogens is 294 g/mol. The Kier molecular flexibility index (Phi) is 5.50. The zero-order valence-electron chi connectivity index (χ0n) is 13.3. The Labute approximate surface area is 136 Å². The third kappa shape index (κ3) is 3.83. The maximum atomic E-state index is 12.3. The van der Waals surface area contributed by atoms with Gasteiger partial charge in [0.05, 0.1) is 5.69 Å². The maximum absolute atomic E-state index is 12.3. The molecule has 2 aromatic rings. The molecule has 0 saturated carbocycles. The average Bonchev–Trinajstić information content (AvgIpc) is 2.52. The number of aryl methyl sites for hydroxylation is 1. The molecular formula is C18H21NO2S. The zero-order valence-corrected chi connectivity index (χ0v) is 14.2. The number of anilines is 1. The number of carbonyl (C=O) groups excluding carboxylic acids is 1. The van der Waals surface area contributed by atoms with E-state index in [1.165, 1.54) is 0 Å². The third-order valence-corrected chi connectivity index (χ3v) is 4.39. The number of para-hydroxylation sites is 1. The molecule has 0 aromatic heterocycles. The topological polar surface area (TPSA) is 38.3 Å². The molecule has 0 aliphatic heterocycles. The smallest absolute Gasteiger partial charge is 0.265 e. The molecule has 0 fully saturated rings. The highest BCUT2D eigenvalue weighted by atomic mass is 32.2. The van der Waals surface area contributed by atoms with Crippen molar-refractivity contribution >= 4 is 23.4 Å². The molecule has 0 unspecified atom stereocenters. The van der Waals surface area contributed by atoms with Crippen LogP contribution in [0, 0.1) is 13.8 Å². The van der Waals surface area contributed by atoms with Crippen molar-refractivity contribution in [3.63, 3.8) is 0 Å². The van der Waals surface area contributed by atoms with Gasteiger partial charge in [0.2, 0.25) is 0 Å². The molecule has 1 N–H and O–H groups in total. The zero-order chi connectivity index (χ0) is 16.1. The van der Waals surface area contributed by atoms with Gasteiger partial charge in [-0.25, -0.2) is 0 Å². The number of nitrogens with one attached hydrogen (secondary N) is 1. The van der Waals surface area contributed by atoms with Crippen LogP contribution in [0.2, 0.25) is 0 Å². The highest BCUT2D eigenvalue weighted by Gasteiger charge is 2.17. The van der Waals surface area contributed by atoms with Crippen molar-refractivity contribution in [2.45, 2.75) is 31.8 Å². The van der Waals surface area contributed by atoms with Crippen LogP contribution >= 0.6 is 11.8 Å². The van der Waals surface area contributed by atoms with E-state index in [1.807, 2.05) is 62.6 Å². The van der Waals surface area contributed by atoms with E-state index in [0.717, 1.165) is 27.5 Å². The van der Waals surface area contributed by atoms with Gasteiger partial charge in [0.1, 0.15) is 5.75 Å². The highest BCUT2D eigenvalue weighted by molar-refractivity contribution is 7.98. The van der Waals surface area contributed by atoms with Gasteiger partial charge in [-0.2, -0.15) is 0 Å². The first-order valence-electron chi connectivity index (χ1n) is 7.19. The van der Waals surface area contributed by atoms with E-state index in [-0.39, 0.29) is 5.91 Å². The van der Waals surface area contributed by atoms with Crippen LogP contribution in [0.3, 0.4) is 0 Å². The van der Waals surface area contributed by atoms with E-state index in [2.05, 4.69) is 5.32 Å². The van der Waals surface area contributed by atoms with E-state index in [9.17, 15) is 4.79 Å². The summed E-state index contributed by atoms with van der Waals surface area (Å²) in [5.41, 5.74) is 3.03. The fraction of sp³-hybridized carbons (Fsp3) is 0.278. The lowest BCUT2D eigenvalue weighted by Crippen LogP contribution is -2.30. The summed E-state index contributed by atoms with van der Waals surface area (Å²) in [7, 11) is 0. The Hall–Kier alpha value is -1.94. The van der Waals surface area contributed by atoms with E-state index >= 15 is 0 Å². The van der Waals surface area contributed by atoms with Gasteiger partial charge in [-0.05, 0) is 56.4 Å². The van der Waals surface area contributed by atoms with Crippen LogP contribution in [0.25, 0.3) is 0 Å². The number of thioether (sulfide) groups is 1. The monoisotopic (exact) mass is 315 g/mol. The Morgan fingerprint density at radius 2 is 1.86 bits per heavy atom. The first-order chi connectivity index (χ1) is 10.5. The summed E-state index contributed by atoms with van der Waals surface area (Å²) in [6.07, 6.45) is 1.43. The van der Waals surface area contributed by atoms with Crippen LogP contribution in [0.5, 0.6) is 5.75 Å². The lowest BCUT2D eigenvalue weighted by molar-refractivity contribution is -0.122. The minimum Gasteiger partial charge on any atom is -0.481 e. The number of hydrogen-bond acceptors (Lipinski definition) is 3. The first kappa shape index (κ1) is 16.4. The molecule has 4 heteroatoms. The molecule has 1 atom stereocenters. The average molecular weight is 315 g/mol. The number of amides is 1. The lowest BCUT2D eigenvalue weighted by Gasteiger charge is -2.18. The van der Waals surface area contributed by atoms with Crippen LogP contribution in [-0.4, -0.2) is 18.3 Å².